The predicted molar refractivity (Wildman–Crippen MR) is 72.2 cm³/mol. The molecule has 0 aliphatic heterocycles. The molecule has 0 spiro atoms. The quantitative estimate of drug-likeness (QED) is 0.711. The van der Waals surface area contributed by atoms with Crippen molar-refractivity contribution in [1.29, 1.82) is 0 Å². The summed E-state index contributed by atoms with van der Waals surface area (Å²) < 4.78 is 0. The van der Waals surface area contributed by atoms with Crippen LogP contribution in [0.4, 0.5) is 0 Å². The zero-order valence-electron chi connectivity index (χ0n) is 11.2. The number of carbonyl (C=O) groups excluding carboxylic acids is 1. The Kier molecular flexibility index (Phi) is 5.31. The third-order valence-corrected chi connectivity index (χ3v) is 2.88. The van der Waals surface area contributed by atoms with Gasteiger partial charge in [-0.15, -0.1) is 0 Å². The van der Waals surface area contributed by atoms with Crippen molar-refractivity contribution >= 4 is 5.91 Å². The van der Waals surface area contributed by atoms with E-state index < -0.39 is 5.54 Å². The summed E-state index contributed by atoms with van der Waals surface area (Å²) in [5.41, 5.74) is 0.261. The third-order valence-electron chi connectivity index (χ3n) is 2.88. The van der Waals surface area contributed by atoms with Crippen LogP contribution in [0.3, 0.4) is 0 Å². The van der Waals surface area contributed by atoms with Crippen molar-refractivity contribution in [2.75, 3.05) is 13.2 Å². The second-order valence-electron chi connectivity index (χ2n) is 4.77. The second-order valence-corrected chi connectivity index (χ2v) is 4.77. The van der Waals surface area contributed by atoms with Crippen molar-refractivity contribution in [2.24, 2.45) is 0 Å². The summed E-state index contributed by atoms with van der Waals surface area (Å²) >= 11 is 0. The molecule has 1 rings (SSSR count). The van der Waals surface area contributed by atoms with Crippen LogP contribution in [-0.2, 0) is 4.79 Å². The Morgan fingerprint density at radius 1 is 1.33 bits per heavy atom. The number of hydrogen-bond acceptors (Lipinski definition) is 3. The maximum atomic E-state index is 12.1. The van der Waals surface area contributed by atoms with Gasteiger partial charge in [0.05, 0.1) is 18.2 Å². The van der Waals surface area contributed by atoms with Gasteiger partial charge in [0.15, 0.2) is 0 Å². The largest absolute Gasteiger partial charge is 0.394 e. The number of aliphatic hydroxyl groups is 1. The Labute approximate surface area is 108 Å². The van der Waals surface area contributed by atoms with Crippen LogP contribution in [0, 0.1) is 0 Å². The standard InChI is InChI=1S/C14H22N2O2/c1-4-15-14(2,3)13(18)16-12(10-17)11-8-6-5-7-9-11/h5-9,12,15,17H,4,10H2,1-3H3,(H,16,18)/t12-/m0/s1. The molecule has 18 heavy (non-hydrogen) atoms. The van der Waals surface area contributed by atoms with Crippen LogP contribution >= 0.6 is 0 Å². The van der Waals surface area contributed by atoms with E-state index in [0.29, 0.717) is 0 Å². The van der Waals surface area contributed by atoms with Crippen molar-refractivity contribution in [3.8, 4) is 0 Å². The fourth-order valence-electron chi connectivity index (χ4n) is 1.78. The van der Waals surface area contributed by atoms with Gasteiger partial charge in [-0.1, -0.05) is 37.3 Å². The molecular formula is C14H22N2O2. The number of carbonyl (C=O) groups is 1. The molecule has 1 aromatic carbocycles. The first-order chi connectivity index (χ1) is 8.51. The van der Waals surface area contributed by atoms with Gasteiger partial charge in [-0.25, -0.2) is 0 Å². The van der Waals surface area contributed by atoms with Crippen molar-refractivity contribution in [1.82, 2.24) is 10.6 Å². The Bertz CT molecular complexity index is 377. The number of rotatable bonds is 6. The molecule has 1 amide bonds. The normalized spacial score (nSPS) is 13.1. The molecule has 0 saturated heterocycles. The molecule has 0 unspecified atom stereocenters. The van der Waals surface area contributed by atoms with E-state index in [9.17, 15) is 9.90 Å². The highest BCUT2D eigenvalue weighted by atomic mass is 16.3. The van der Waals surface area contributed by atoms with E-state index in [0.717, 1.165) is 12.1 Å². The molecule has 0 bridgehead atoms. The van der Waals surface area contributed by atoms with Crippen molar-refractivity contribution < 1.29 is 9.90 Å². The molecule has 0 aliphatic rings. The van der Waals surface area contributed by atoms with Gasteiger partial charge >= 0.3 is 0 Å². The summed E-state index contributed by atoms with van der Waals surface area (Å²) in [5.74, 6) is -0.118. The smallest absolute Gasteiger partial charge is 0.240 e. The first-order valence-electron chi connectivity index (χ1n) is 6.23. The van der Waals surface area contributed by atoms with E-state index >= 15 is 0 Å². The van der Waals surface area contributed by atoms with Crippen molar-refractivity contribution in [3.63, 3.8) is 0 Å². The van der Waals surface area contributed by atoms with Crippen molar-refractivity contribution in [2.45, 2.75) is 32.4 Å². The second kappa shape index (κ2) is 6.52. The van der Waals surface area contributed by atoms with Crippen LogP contribution in [-0.4, -0.2) is 29.7 Å². The summed E-state index contributed by atoms with van der Waals surface area (Å²) in [4.78, 5) is 12.1. The molecule has 4 nitrogen and oxygen atoms in total. The molecule has 3 N–H and O–H groups in total. The summed E-state index contributed by atoms with van der Waals surface area (Å²) in [5, 5.41) is 15.4. The van der Waals surface area contributed by atoms with E-state index in [1.165, 1.54) is 0 Å². The first-order valence-corrected chi connectivity index (χ1v) is 6.23. The minimum absolute atomic E-state index is 0.113. The summed E-state index contributed by atoms with van der Waals surface area (Å²) in [6.45, 7) is 6.21. The molecule has 0 fully saturated rings. The predicted octanol–water partition coefficient (Wildman–Crippen LogP) is 1.22. The molecule has 1 aromatic rings. The minimum Gasteiger partial charge on any atom is -0.394 e. The van der Waals surface area contributed by atoms with Gasteiger partial charge in [-0.05, 0) is 26.0 Å². The monoisotopic (exact) mass is 250 g/mol. The van der Waals surface area contributed by atoms with Crippen LogP contribution in [0.5, 0.6) is 0 Å². The van der Waals surface area contributed by atoms with Crippen LogP contribution in [0.2, 0.25) is 0 Å². The summed E-state index contributed by atoms with van der Waals surface area (Å²) in [6, 6.07) is 9.10. The van der Waals surface area contributed by atoms with Crippen molar-refractivity contribution in [3.05, 3.63) is 35.9 Å². The highest BCUT2D eigenvalue weighted by molar-refractivity contribution is 5.85. The molecule has 1 atom stereocenters. The van der Waals surface area contributed by atoms with Gasteiger partial charge < -0.3 is 15.7 Å². The van der Waals surface area contributed by atoms with Gasteiger partial charge in [-0.2, -0.15) is 0 Å². The van der Waals surface area contributed by atoms with Crippen LogP contribution < -0.4 is 10.6 Å². The molecular weight excluding hydrogens is 228 g/mol. The summed E-state index contributed by atoms with van der Waals surface area (Å²) in [6.07, 6.45) is 0. The Hall–Kier alpha value is -1.39. The molecule has 0 saturated carbocycles. The van der Waals surface area contributed by atoms with Crippen LogP contribution in [0.25, 0.3) is 0 Å². The maximum absolute atomic E-state index is 12.1. The first kappa shape index (κ1) is 14.7. The van der Waals surface area contributed by atoms with E-state index in [1.54, 1.807) is 0 Å². The lowest BCUT2D eigenvalue weighted by molar-refractivity contribution is -0.127. The van der Waals surface area contributed by atoms with E-state index in [4.69, 9.17) is 0 Å². The van der Waals surface area contributed by atoms with E-state index in [-0.39, 0.29) is 18.6 Å². The SMILES string of the molecule is CCNC(C)(C)C(=O)N[C@@H](CO)c1ccccc1. The third kappa shape index (κ3) is 3.82. The molecule has 0 aromatic heterocycles. The topological polar surface area (TPSA) is 61.4 Å². The average molecular weight is 250 g/mol. The van der Waals surface area contributed by atoms with E-state index in [2.05, 4.69) is 10.6 Å². The molecule has 0 aliphatic carbocycles. The number of hydrogen-bond donors (Lipinski definition) is 3. The van der Waals surface area contributed by atoms with Crippen LogP contribution in [0.1, 0.15) is 32.4 Å². The summed E-state index contributed by atoms with van der Waals surface area (Å²) in [7, 11) is 0. The van der Waals surface area contributed by atoms with Crippen LogP contribution in [0.15, 0.2) is 30.3 Å². The molecule has 4 heteroatoms. The lowest BCUT2D eigenvalue weighted by atomic mass is 10.0. The average Bonchev–Trinajstić information content (AvgIpc) is 2.36. The van der Waals surface area contributed by atoms with Gasteiger partial charge in [0.25, 0.3) is 0 Å². The zero-order chi connectivity index (χ0) is 13.6. The Balaban J connectivity index is 2.73. The highest BCUT2D eigenvalue weighted by Gasteiger charge is 2.28. The molecule has 0 heterocycles. The lowest BCUT2D eigenvalue weighted by Crippen LogP contribution is -2.53. The number of nitrogens with one attached hydrogen (secondary N) is 2. The fraction of sp³-hybridized carbons (Fsp3) is 0.500. The van der Waals surface area contributed by atoms with Gasteiger partial charge in [0.1, 0.15) is 0 Å². The van der Waals surface area contributed by atoms with Gasteiger partial charge in [0, 0.05) is 0 Å². The Morgan fingerprint density at radius 2 is 1.94 bits per heavy atom. The number of amides is 1. The van der Waals surface area contributed by atoms with Gasteiger partial charge in [0.2, 0.25) is 5.91 Å². The fourth-order valence-corrected chi connectivity index (χ4v) is 1.78. The number of benzene rings is 1. The lowest BCUT2D eigenvalue weighted by Gasteiger charge is -2.27. The zero-order valence-corrected chi connectivity index (χ0v) is 11.2. The molecule has 100 valence electrons. The van der Waals surface area contributed by atoms with Gasteiger partial charge in [-0.3, -0.25) is 4.79 Å². The highest BCUT2D eigenvalue weighted by Crippen LogP contribution is 2.13. The number of aliphatic hydroxyl groups excluding tert-OH is 1. The minimum atomic E-state index is -0.642. The Morgan fingerprint density at radius 3 is 2.44 bits per heavy atom. The van der Waals surface area contributed by atoms with E-state index in [1.807, 2.05) is 51.1 Å². The number of likely N-dealkylation sites (N-methyl/N-ethyl adjacent to an activating group) is 1. The maximum Gasteiger partial charge on any atom is 0.240 e. The molecule has 0 radical (unpaired) electrons.